The number of anilines is 1. The second kappa shape index (κ2) is 7.17. The fourth-order valence-corrected chi connectivity index (χ4v) is 2.32. The lowest BCUT2D eigenvalue weighted by atomic mass is 10.1. The van der Waals surface area contributed by atoms with Crippen molar-refractivity contribution in [2.45, 2.75) is 20.8 Å². The number of para-hydroxylation sites is 1. The molecule has 3 rings (SSSR count). The number of nitrogens with one attached hydrogen (secondary N) is 1. The summed E-state index contributed by atoms with van der Waals surface area (Å²) in [7, 11) is 0. The van der Waals surface area contributed by atoms with Gasteiger partial charge in [0.2, 0.25) is 0 Å². The number of carbonyl (C=O) groups is 1. The third kappa shape index (κ3) is 4.03. The van der Waals surface area contributed by atoms with E-state index >= 15 is 0 Å². The summed E-state index contributed by atoms with van der Waals surface area (Å²) in [5, 5.41) is 6.60. The van der Waals surface area contributed by atoms with Crippen molar-refractivity contribution < 1.29 is 14.1 Å². The third-order valence-corrected chi connectivity index (χ3v) is 3.81. The molecule has 1 amide bonds. The molecule has 1 aromatic heterocycles. The molecule has 2 aromatic carbocycles. The van der Waals surface area contributed by atoms with Gasteiger partial charge < -0.3 is 14.6 Å². The highest BCUT2D eigenvalue weighted by atomic mass is 16.5. The van der Waals surface area contributed by atoms with Crippen LogP contribution in [0.15, 0.2) is 47.0 Å². The first kappa shape index (κ1) is 16.7. The van der Waals surface area contributed by atoms with E-state index in [0.29, 0.717) is 28.7 Å². The first-order valence-corrected chi connectivity index (χ1v) is 7.92. The summed E-state index contributed by atoms with van der Waals surface area (Å²) in [5.41, 5.74) is 3.57. The summed E-state index contributed by atoms with van der Waals surface area (Å²) >= 11 is 0. The predicted molar refractivity (Wildman–Crippen MR) is 94.5 cm³/mol. The Morgan fingerprint density at radius 3 is 2.64 bits per heavy atom. The van der Waals surface area contributed by atoms with E-state index in [1.165, 1.54) is 5.56 Å². The van der Waals surface area contributed by atoms with E-state index < -0.39 is 0 Å². The number of hydrogen-bond donors (Lipinski definition) is 1. The SMILES string of the molecule is Cc1noc(-c2ccccc2NC(=O)COc2ccc(C)c(C)c2)n1. The van der Waals surface area contributed by atoms with Gasteiger partial charge in [0.1, 0.15) is 5.75 Å². The molecule has 1 N–H and O–H groups in total. The molecule has 0 saturated heterocycles. The normalized spacial score (nSPS) is 10.5. The summed E-state index contributed by atoms with van der Waals surface area (Å²) in [6.45, 7) is 5.69. The highest BCUT2D eigenvalue weighted by Gasteiger charge is 2.13. The van der Waals surface area contributed by atoms with Crippen LogP contribution in [-0.4, -0.2) is 22.7 Å². The number of nitrogens with zero attached hydrogens (tertiary/aromatic N) is 2. The molecule has 1 heterocycles. The minimum atomic E-state index is -0.262. The number of amides is 1. The number of ether oxygens (including phenoxy) is 1. The first-order chi connectivity index (χ1) is 12.0. The predicted octanol–water partition coefficient (Wildman–Crippen LogP) is 3.68. The van der Waals surface area contributed by atoms with Crippen molar-refractivity contribution in [1.82, 2.24) is 10.1 Å². The smallest absolute Gasteiger partial charge is 0.262 e. The molecule has 6 nitrogen and oxygen atoms in total. The number of hydrogen-bond acceptors (Lipinski definition) is 5. The number of carbonyl (C=O) groups excluding carboxylic acids is 1. The second-order valence-electron chi connectivity index (χ2n) is 5.78. The van der Waals surface area contributed by atoms with E-state index in [1.807, 2.05) is 50.2 Å². The molecular weight excluding hydrogens is 318 g/mol. The van der Waals surface area contributed by atoms with Crippen molar-refractivity contribution >= 4 is 11.6 Å². The zero-order chi connectivity index (χ0) is 17.8. The molecule has 0 aliphatic carbocycles. The number of aryl methyl sites for hydroxylation is 3. The summed E-state index contributed by atoms with van der Waals surface area (Å²) in [6.07, 6.45) is 0. The molecule has 3 aromatic rings. The van der Waals surface area contributed by atoms with Crippen molar-refractivity contribution in [2.75, 3.05) is 11.9 Å². The van der Waals surface area contributed by atoms with E-state index in [9.17, 15) is 4.79 Å². The van der Waals surface area contributed by atoms with Crippen molar-refractivity contribution in [2.24, 2.45) is 0 Å². The van der Waals surface area contributed by atoms with Gasteiger partial charge in [-0.05, 0) is 56.2 Å². The monoisotopic (exact) mass is 337 g/mol. The molecule has 0 saturated carbocycles. The highest BCUT2D eigenvalue weighted by Crippen LogP contribution is 2.26. The number of aromatic nitrogens is 2. The van der Waals surface area contributed by atoms with Crippen LogP contribution in [0.1, 0.15) is 17.0 Å². The molecule has 0 radical (unpaired) electrons. The van der Waals surface area contributed by atoms with Crippen molar-refractivity contribution in [1.29, 1.82) is 0 Å². The van der Waals surface area contributed by atoms with Crippen LogP contribution in [-0.2, 0) is 4.79 Å². The van der Waals surface area contributed by atoms with Gasteiger partial charge in [0.15, 0.2) is 12.4 Å². The van der Waals surface area contributed by atoms with E-state index in [1.54, 1.807) is 13.0 Å². The van der Waals surface area contributed by atoms with Crippen molar-refractivity contribution in [3.8, 4) is 17.2 Å². The van der Waals surface area contributed by atoms with Gasteiger partial charge in [0.05, 0.1) is 11.3 Å². The van der Waals surface area contributed by atoms with Crippen LogP contribution in [0, 0.1) is 20.8 Å². The van der Waals surface area contributed by atoms with Gasteiger partial charge in [-0.2, -0.15) is 4.98 Å². The van der Waals surface area contributed by atoms with Gasteiger partial charge >= 0.3 is 0 Å². The Kier molecular flexibility index (Phi) is 4.79. The lowest BCUT2D eigenvalue weighted by molar-refractivity contribution is -0.118. The zero-order valence-corrected chi connectivity index (χ0v) is 14.4. The van der Waals surface area contributed by atoms with Gasteiger partial charge in [0, 0.05) is 0 Å². The maximum absolute atomic E-state index is 12.2. The quantitative estimate of drug-likeness (QED) is 0.768. The Balaban J connectivity index is 1.68. The molecule has 0 spiro atoms. The van der Waals surface area contributed by atoms with Gasteiger partial charge in [-0.1, -0.05) is 23.4 Å². The summed E-state index contributed by atoms with van der Waals surface area (Å²) in [4.78, 5) is 16.4. The fraction of sp³-hybridized carbons (Fsp3) is 0.211. The summed E-state index contributed by atoms with van der Waals surface area (Å²) < 4.78 is 10.7. The number of rotatable bonds is 5. The van der Waals surface area contributed by atoms with E-state index in [4.69, 9.17) is 9.26 Å². The van der Waals surface area contributed by atoms with E-state index in [2.05, 4.69) is 15.5 Å². The van der Waals surface area contributed by atoms with Gasteiger partial charge in [-0.3, -0.25) is 4.79 Å². The lowest BCUT2D eigenvalue weighted by Crippen LogP contribution is -2.20. The van der Waals surface area contributed by atoms with Crippen LogP contribution in [0.3, 0.4) is 0 Å². The minimum absolute atomic E-state index is 0.0836. The zero-order valence-electron chi connectivity index (χ0n) is 14.4. The molecular formula is C19H19N3O3. The third-order valence-electron chi connectivity index (χ3n) is 3.81. The maximum Gasteiger partial charge on any atom is 0.262 e. The van der Waals surface area contributed by atoms with Crippen molar-refractivity contribution in [3.63, 3.8) is 0 Å². The Morgan fingerprint density at radius 2 is 1.92 bits per heavy atom. The molecule has 0 aliphatic rings. The molecule has 0 atom stereocenters. The summed E-state index contributed by atoms with van der Waals surface area (Å²) in [6, 6.07) is 13.0. The molecule has 0 bridgehead atoms. The van der Waals surface area contributed by atoms with Crippen LogP contribution in [0.5, 0.6) is 5.75 Å². The van der Waals surface area contributed by atoms with E-state index in [0.717, 1.165) is 5.56 Å². The Labute approximate surface area is 145 Å². The van der Waals surface area contributed by atoms with E-state index in [-0.39, 0.29) is 12.5 Å². The van der Waals surface area contributed by atoms with Crippen molar-refractivity contribution in [3.05, 3.63) is 59.4 Å². The molecule has 0 unspecified atom stereocenters. The van der Waals surface area contributed by atoms with Gasteiger partial charge in [-0.25, -0.2) is 0 Å². The average molecular weight is 337 g/mol. The Morgan fingerprint density at radius 1 is 1.12 bits per heavy atom. The molecule has 25 heavy (non-hydrogen) atoms. The summed E-state index contributed by atoms with van der Waals surface area (Å²) in [5.74, 6) is 1.30. The van der Waals surface area contributed by atoms with Crippen LogP contribution in [0.2, 0.25) is 0 Å². The first-order valence-electron chi connectivity index (χ1n) is 7.92. The lowest BCUT2D eigenvalue weighted by Gasteiger charge is -2.10. The second-order valence-corrected chi connectivity index (χ2v) is 5.78. The largest absolute Gasteiger partial charge is 0.484 e. The van der Waals surface area contributed by atoms with Gasteiger partial charge in [0.25, 0.3) is 11.8 Å². The number of benzene rings is 2. The molecule has 6 heteroatoms. The van der Waals surface area contributed by atoms with Crippen LogP contribution in [0.25, 0.3) is 11.5 Å². The Bertz CT molecular complexity index is 902. The average Bonchev–Trinajstić information content (AvgIpc) is 3.03. The topological polar surface area (TPSA) is 77.2 Å². The maximum atomic E-state index is 12.2. The standard InChI is InChI=1S/C19H19N3O3/c1-12-8-9-15(10-13(12)2)24-11-18(23)21-17-7-5-4-6-16(17)19-20-14(3)22-25-19/h4-10H,11H2,1-3H3,(H,21,23). The Hall–Kier alpha value is -3.15. The van der Waals surface area contributed by atoms with Crippen LogP contribution in [0.4, 0.5) is 5.69 Å². The van der Waals surface area contributed by atoms with Gasteiger partial charge in [-0.15, -0.1) is 0 Å². The fourth-order valence-electron chi connectivity index (χ4n) is 2.32. The van der Waals surface area contributed by atoms with Crippen LogP contribution >= 0.6 is 0 Å². The van der Waals surface area contributed by atoms with Crippen LogP contribution < -0.4 is 10.1 Å². The molecule has 0 aliphatic heterocycles. The molecule has 0 fully saturated rings. The molecule has 128 valence electrons. The minimum Gasteiger partial charge on any atom is -0.484 e. The highest BCUT2D eigenvalue weighted by molar-refractivity contribution is 5.95.